The summed E-state index contributed by atoms with van der Waals surface area (Å²) in [5.41, 5.74) is -0.0742. The van der Waals surface area contributed by atoms with Gasteiger partial charge in [-0.2, -0.15) is 0 Å². The summed E-state index contributed by atoms with van der Waals surface area (Å²) < 4.78 is 43.9. The minimum absolute atomic E-state index is 0.0404. The van der Waals surface area contributed by atoms with Gasteiger partial charge in [-0.05, 0) is 23.7 Å². The van der Waals surface area contributed by atoms with Crippen molar-refractivity contribution in [2.24, 2.45) is 0 Å². The van der Waals surface area contributed by atoms with Crippen LogP contribution in [-0.2, 0) is 5.88 Å². The van der Waals surface area contributed by atoms with E-state index in [1.807, 2.05) is 0 Å². The fraction of sp³-hybridized carbons (Fsp3) is 0.100. The fourth-order valence-electron chi connectivity index (χ4n) is 1.33. The molecule has 17 heavy (non-hydrogen) atoms. The van der Waals surface area contributed by atoms with E-state index >= 15 is 0 Å². The standard InChI is InChI=1S/C10H4Cl2F3NO/c11-3-5-9(16-17-10(5)12)4-1-2-6(13)8(15)7(4)14/h1-2H,3H2. The zero-order valence-electron chi connectivity index (χ0n) is 8.11. The number of halogens is 5. The number of rotatable bonds is 2. The molecule has 7 heteroatoms. The number of hydrogen-bond donors (Lipinski definition) is 0. The van der Waals surface area contributed by atoms with Crippen LogP contribution in [0.25, 0.3) is 11.3 Å². The van der Waals surface area contributed by atoms with Crippen LogP contribution in [0.4, 0.5) is 13.2 Å². The van der Waals surface area contributed by atoms with Crippen molar-refractivity contribution in [1.29, 1.82) is 0 Å². The Morgan fingerprint density at radius 2 is 1.88 bits per heavy atom. The van der Waals surface area contributed by atoms with Gasteiger partial charge in [-0.1, -0.05) is 5.16 Å². The van der Waals surface area contributed by atoms with Crippen LogP contribution in [0, 0.1) is 17.5 Å². The lowest BCUT2D eigenvalue weighted by Gasteiger charge is -2.02. The van der Waals surface area contributed by atoms with E-state index in [9.17, 15) is 13.2 Å². The molecule has 2 nitrogen and oxygen atoms in total. The van der Waals surface area contributed by atoms with Crippen LogP contribution in [-0.4, -0.2) is 5.16 Å². The predicted octanol–water partition coefficient (Wildman–Crippen LogP) is 4.15. The third-order valence-corrected chi connectivity index (χ3v) is 2.73. The Morgan fingerprint density at radius 1 is 1.18 bits per heavy atom. The topological polar surface area (TPSA) is 26.0 Å². The molecule has 0 amide bonds. The molecule has 0 saturated heterocycles. The smallest absolute Gasteiger partial charge is 0.231 e. The monoisotopic (exact) mass is 281 g/mol. The van der Waals surface area contributed by atoms with Gasteiger partial charge in [0.2, 0.25) is 5.22 Å². The third-order valence-electron chi connectivity index (χ3n) is 2.16. The molecule has 1 aromatic heterocycles. The van der Waals surface area contributed by atoms with Crippen molar-refractivity contribution in [2.75, 3.05) is 0 Å². The predicted molar refractivity (Wildman–Crippen MR) is 56.4 cm³/mol. The van der Waals surface area contributed by atoms with Crippen LogP contribution < -0.4 is 0 Å². The van der Waals surface area contributed by atoms with Gasteiger partial charge >= 0.3 is 0 Å². The van der Waals surface area contributed by atoms with Crippen molar-refractivity contribution >= 4 is 23.2 Å². The highest BCUT2D eigenvalue weighted by Crippen LogP contribution is 2.32. The van der Waals surface area contributed by atoms with E-state index in [0.717, 1.165) is 12.1 Å². The molecule has 0 bridgehead atoms. The molecular weight excluding hydrogens is 278 g/mol. The van der Waals surface area contributed by atoms with Crippen LogP contribution in [0.2, 0.25) is 5.22 Å². The lowest BCUT2D eigenvalue weighted by Crippen LogP contribution is -1.95. The van der Waals surface area contributed by atoms with E-state index in [4.69, 9.17) is 23.2 Å². The zero-order chi connectivity index (χ0) is 12.6. The van der Waals surface area contributed by atoms with Gasteiger partial charge in [-0.15, -0.1) is 11.6 Å². The van der Waals surface area contributed by atoms with Gasteiger partial charge in [0.05, 0.1) is 11.4 Å². The molecule has 90 valence electrons. The normalized spacial score (nSPS) is 10.9. The van der Waals surface area contributed by atoms with Crippen LogP contribution in [0.5, 0.6) is 0 Å². The second kappa shape index (κ2) is 4.58. The number of benzene rings is 1. The summed E-state index contributed by atoms with van der Waals surface area (Å²) in [6.45, 7) is 0. The highest BCUT2D eigenvalue weighted by atomic mass is 35.5. The summed E-state index contributed by atoms with van der Waals surface area (Å²) in [5, 5.41) is 3.36. The quantitative estimate of drug-likeness (QED) is 0.611. The molecule has 0 spiro atoms. The van der Waals surface area contributed by atoms with E-state index in [-0.39, 0.29) is 27.9 Å². The Bertz CT molecular complexity index is 571. The van der Waals surface area contributed by atoms with Crippen molar-refractivity contribution < 1.29 is 17.7 Å². The van der Waals surface area contributed by atoms with Crippen molar-refractivity contribution in [1.82, 2.24) is 5.16 Å². The van der Waals surface area contributed by atoms with E-state index in [1.54, 1.807) is 0 Å². The van der Waals surface area contributed by atoms with E-state index in [2.05, 4.69) is 9.68 Å². The molecular formula is C10H4Cl2F3NO. The number of hydrogen-bond acceptors (Lipinski definition) is 2. The Morgan fingerprint density at radius 3 is 2.53 bits per heavy atom. The van der Waals surface area contributed by atoms with Gasteiger partial charge in [-0.25, -0.2) is 13.2 Å². The highest BCUT2D eigenvalue weighted by molar-refractivity contribution is 6.31. The molecule has 0 aliphatic carbocycles. The molecule has 0 N–H and O–H groups in total. The molecule has 0 atom stereocenters. The molecule has 0 unspecified atom stereocenters. The molecule has 0 saturated carbocycles. The maximum atomic E-state index is 13.5. The molecule has 0 aliphatic rings. The van der Waals surface area contributed by atoms with Crippen LogP contribution in [0.1, 0.15) is 5.56 Å². The van der Waals surface area contributed by atoms with Crippen LogP contribution in [0.3, 0.4) is 0 Å². The SMILES string of the molecule is Fc1ccc(-c2noc(Cl)c2CCl)c(F)c1F. The Labute approximate surface area is 104 Å². The van der Waals surface area contributed by atoms with E-state index in [0.29, 0.717) is 0 Å². The van der Waals surface area contributed by atoms with Gasteiger partial charge in [0, 0.05) is 5.56 Å². The minimum atomic E-state index is -1.58. The lowest BCUT2D eigenvalue weighted by molar-refractivity contribution is 0.421. The first-order chi connectivity index (χ1) is 8.06. The summed E-state index contributed by atoms with van der Waals surface area (Å²) in [7, 11) is 0. The van der Waals surface area contributed by atoms with E-state index in [1.165, 1.54) is 0 Å². The summed E-state index contributed by atoms with van der Waals surface area (Å²) >= 11 is 11.2. The number of aromatic nitrogens is 1. The first kappa shape index (κ1) is 12.3. The summed E-state index contributed by atoms with van der Waals surface area (Å²) in [6, 6.07) is 1.83. The largest absolute Gasteiger partial charge is 0.343 e. The summed E-state index contributed by atoms with van der Waals surface area (Å²) in [4.78, 5) is 0. The molecule has 2 aromatic rings. The van der Waals surface area contributed by atoms with Gasteiger partial charge in [0.25, 0.3) is 0 Å². The Balaban J connectivity index is 2.65. The number of nitrogens with zero attached hydrogens (tertiary/aromatic N) is 1. The minimum Gasteiger partial charge on any atom is -0.343 e. The van der Waals surface area contributed by atoms with E-state index < -0.39 is 17.5 Å². The maximum Gasteiger partial charge on any atom is 0.231 e. The van der Waals surface area contributed by atoms with Gasteiger partial charge in [0.1, 0.15) is 5.69 Å². The molecule has 0 aliphatic heterocycles. The average Bonchev–Trinajstić information content (AvgIpc) is 2.67. The molecule has 1 heterocycles. The van der Waals surface area contributed by atoms with Crippen molar-refractivity contribution in [3.8, 4) is 11.3 Å². The Hall–Kier alpha value is -1.20. The lowest BCUT2D eigenvalue weighted by atomic mass is 10.1. The molecule has 0 fully saturated rings. The Kier molecular flexibility index (Phi) is 3.31. The van der Waals surface area contributed by atoms with Crippen molar-refractivity contribution in [3.63, 3.8) is 0 Å². The summed E-state index contributed by atoms with van der Waals surface area (Å²) in [5.74, 6) is -4.31. The van der Waals surface area contributed by atoms with Gasteiger partial charge < -0.3 is 4.52 Å². The number of alkyl halides is 1. The first-order valence-electron chi connectivity index (χ1n) is 4.40. The third kappa shape index (κ3) is 2.00. The summed E-state index contributed by atoms with van der Waals surface area (Å²) in [6.07, 6.45) is 0. The second-order valence-corrected chi connectivity index (χ2v) is 3.75. The zero-order valence-corrected chi connectivity index (χ0v) is 9.62. The van der Waals surface area contributed by atoms with Gasteiger partial charge in [-0.3, -0.25) is 0 Å². The van der Waals surface area contributed by atoms with Crippen molar-refractivity contribution in [2.45, 2.75) is 5.88 Å². The molecule has 2 rings (SSSR count). The average molecular weight is 282 g/mol. The van der Waals surface area contributed by atoms with Crippen LogP contribution >= 0.6 is 23.2 Å². The maximum absolute atomic E-state index is 13.5. The van der Waals surface area contributed by atoms with Crippen LogP contribution in [0.15, 0.2) is 16.7 Å². The van der Waals surface area contributed by atoms with Crippen molar-refractivity contribution in [3.05, 3.63) is 40.4 Å². The fourth-order valence-corrected chi connectivity index (χ4v) is 1.83. The first-order valence-corrected chi connectivity index (χ1v) is 5.31. The molecule has 1 aromatic carbocycles. The molecule has 0 radical (unpaired) electrons. The second-order valence-electron chi connectivity index (χ2n) is 3.14. The highest BCUT2D eigenvalue weighted by Gasteiger charge is 2.21. The van der Waals surface area contributed by atoms with Gasteiger partial charge in [0.15, 0.2) is 17.5 Å².